The Morgan fingerprint density at radius 3 is 3.18 bits per heavy atom. The number of aromatic nitrogens is 2. The lowest BCUT2D eigenvalue weighted by Crippen LogP contribution is -2.35. The van der Waals surface area contributed by atoms with Gasteiger partial charge < -0.3 is 10.1 Å². The van der Waals surface area contributed by atoms with Crippen molar-refractivity contribution >= 4 is 16.8 Å². The predicted octanol–water partition coefficient (Wildman–Crippen LogP) is 1.08. The van der Waals surface area contributed by atoms with Crippen molar-refractivity contribution in [1.29, 1.82) is 0 Å². The van der Waals surface area contributed by atoms with Crippen LogP contribution in [-0.4, -0.2) is 35.4 Å². The maximum absolute atomic E-state index is 12.0. The lowest BCUT2D eigenvalue weighted by Gasteiger charge is -2.08. The summed E-state index contributed by atoms with van der Waals surface area (Å²) in [5.74, 6) is -0.141. The van der Waals surface area contributed by atoms with Gasteiger partial charge in [0.15, 0.2) is 5.69 Å². The summed E-state index contributed by atoms with van der Waals surface area (Å²) in [5, 5.41) is 10.7. The van der Waals surface area contributed by atoms with E-state index in [1.165, 1.54) is 0 Å². The number of para-hydroxylation sites is 1. The van der Waals surface area contributed by atoms with Crippen molar-refractivity contribution in [1.82, 2.24) is 15.5 Å². The number of hydrogen-bond donors (Lipinski definition) is 2. The number of carbonyl (C=O) groups is 1. The van der Waals surface area contributed by atoms with Crippen LogP contribution in [0.5, 0.6) is 0 Å². The van der Waals surface area contributed by atoms with Gasteiger partial charge in [0, 0.05) is 12.0 Å². The number of aromatic amines is 1. The standard InChI is InChI=1S/C12H13N3O2/c16-12(13-8-5-6-17-7-8)11-9-3-1-2-4-10(9)14-15-11/h1-4,8H,5-7H2,(H,13,16)(H,14,15). The molecule has 88 valence electrons. The van der Waals surface area contributed by atoms with Crippen molar-refractivity contribution < 1.29 is 9.53 Å². The summed E-state index contributed by atoms with van der Waals surface area (Å²) in [7, 11) is 0. The molecule has 1 aliphatic heterocycles. The fourth-order valence-corrected chi connectivity index (χ4v) is 2.04. The predicted molar refractivity (Wildman–Crippen MR) is 62.8 cm³/mol. The molecule has 17 heavy (non-hydrogen) atoms. The van der Waals surface area contributed by atoms with E-state index in [2.05, 4.69) is 15.5 Å². The number of fused-ring (bicyclic) bond motifs is 1. The first-order chi connectivity index (χ1) is 8.34. The van der Waals surface area contributed by atoms with Crippen LogP contribution in [-0.2, 0) is 4.74 Å². The van der Waals surface area contributed by atoms with Gasteiger partial charge in [-0.15, -0.1) is 0 Å². The number of rotatable bonds is 2. The summed E-state index contributed by atoms with van der Waals surface area (Å²) in [4.78, 5) is 12.0. The molecule has 1 atom stereocenters. The SMILES string of the molecule is O=C(NC1CCOC1)c1n[nH]c2ccccc12. The van der Waals surface area contributed by atoms with Gasteiger partial charge in [-0.05, 0) is 12.5 Å². The van der Waals surface area contributed by atoms with E-state index < -0.39 is 0 Å². The Balaban J connectivity index is 1.85. The minimum Gasteiger partial charge on any atom is -0.379 e. The van der Waals surface area contributed by atoms with E-state index in [1.54, 1.807) is 0 Å². The molecule has 1 aromatic carbocycles. The van der Waals surface area contributed by atoms with Crippen LogP contribution in [0.3, 0.4) is 0 Å². The van der Waals surface area contributed by atoms with Crippen molar-refractivity contribution in [3.05, 3.63) is 30.0 Å². The molecule has 0 radical (unpaired) electrons. The van der Waals surface area contributed by atoms with Crippen molar-refractivity contribution in [3.8, 4) is 0 Å². The van der Waals surface area contributed by atoms with Crippen molar-refractivity contribution in [3.63, 3.8) is 0 Å². The third-order valence-corrected chi connectivity index (χ3v) is 2.95. The first kappa shape index (κ1) is 10.3. The number of hydrogen-bond acceptors (Lipinski definition) is 3. The van der Waals surface area contributed by atoms with Gasteiger partial charge in [0.2, 0.25) is 0 Å². The molecule has 5 heteroatoms. The van der Waals surface area contributed by atoms with Gasteiger partial charge in [-0.2, -0.15) is 5.10 Å². The van der Waals surface area contributed by atoms with E-state index in [1.807, 2.05) is 24.3 Å². The molecule has 1 unspecified atom stereocenters. The first-order valence-corrected chi connectivity index (χ1v) is 5.66. The Bertz CT molecular complexity index is 543. The second-order valence-corrected chi connectivity index (χ2v) is 4.15. The fourth-order valence-electron chi connectivity index (χ4n) is 2.04. The summed E-state index contributed by atoms with van der Waals surface area (Å²) in [6, 6.07) is 7.70. The van der Waals surface area contributed by atoms with Crippen LogP contribution in [0.15, 0.2) is 24.3 Å². The number of benzene rings is 1. The highest BCUT2D eigenvalue weighted by molar-refractivity contribution is 6.04. The van der Waals surface area contributed by atoms with Crippen LogP contribution in [0, 0.1) is 0 Å². The van der Waals surface area contributed by atoms with Crippen molar-refractivity contribution in [2.24, 2.45) is 0 Å². The lowest BCUT2D eigenvalue weighted by atomic mass is 10.2. The van der Waals surface area contributed by atoms with E-state index in [0.29, 0.717) is 18.9 Å². The number of ether oxygens (including phenoxy) is 1. The second kappa shape index (κ2) is 4.18. The maximum atomic E-state index is 12.0. The molecule has 0 spiro atoms. The summed E-state index contributed by atoms with van der Waals surface area (Å²) >= 11 is 0. The van der Waals surface area contributed by atoms with Gasteiger partial charge in [-0.1, -0.05) is 18.2 Å². The Morgan fingerprint density at radius 2 is 2.35 bits per heavy atom. The van der Waals surface area contributed by atoms with Crippen LogP contribution in [0.25, 0.3) is 10.9 Å². The molecule has 2 heterocycles. The normalized spacial score (nSPS) is 19.6. The van der Waals surface area contributed by atoms with E-state index >= 15 is 0 Å². The summed E-state index contributed by atoms with van der Waals surface area (Å²) < 4.78 is 5.22. The molecule has 1 aromatic heterocycles. The average molecular weight is 231 g/mol. The third-order valence-electron chi connectivity index (χ3n) is 2.95. The van der Waals surface area contributed by atoms with Gasteiger partial charge >= 0.3 is 0 Å². The molecule has 0 aliphatic carbocycles. The third kappa shape index (κ3) is 1.89. The topological polar surface area (TPSA) is 67.0 Å². The summed E-state index contributed by atoms with van der Waals surface area (Å²) in [6.45, 7) is 1.31. The Labute approximate surface area is 98.2 Å². The van der Waals surface area contributed by atoms with Gasteiger partial charge in [0.05, 0.1) is 18.2 Å². The molecule has 5 nitrogen and oxygen atoms in total. The highest BCUT2D eigenvalue weighted by Crippen LogP contribution is 2.15. The Kier molecular flexibility index (Phi) is 2.53. The molecule has 1 saturated heterocycles. The Hall–Kier alpha value is -1.88. The zero-order valence-corrected chi connectivity index (χ0v) is 9.27. The van der Waals surface area contributed by atoms with E-state index in [-0.39, 0.29) is 11.9 Å². The molecule has 1 fully saturated rings. The highest BCUT2D eigenvalue weighted by atomic mass is 16.5. The van der Waals surface area contributed by atoms with Crippen LogP contribution >= 0.6 is 0 Å². The molecule has 0 saturated carbocycles. The Morgan fingerprint density at radius 1 is 1.47 bits per heavy atom. The number of nitrogens with zero attached hydrogens (tertiary/aromatic N) is 1. The van der Waals surface area contributed by atoms with Crippen LogP contribution in [0.2, 0.25) is 0 Å². The zero-order chi connectivity index (χ0) is 11.7. The quantitative estimate of drug-likeness (QED) is 0.812. The molecule has 0 bridgehead atoms. The first-order valence-electron chi connectivity index (χ1n) is 5.66. The van der Waals surface area contributed by atoms with E-state index in [9.17, 15) is 4.79 Å². The smallest absolute Gasteiger partial charge is 0.272 e. The number of amides is 1. The average Bonchev–Trinajstić information content (AvgIpc) is 2.96. The lowest BCUT2D eigenvalue weighted by molar-refractivity contribution is 0.0926. The van der Waals surface area contributed by atoms with Crippen molar-refractivity contribution in [2.75, 3.05) is 13.2 Å². The van der Waals surface area contributed by atoms with Crippen LogP contribution in [0.1, 0.15) is 16.9 Å². The van der Waals surface area contributed by atoms with Gasteiger partial charge in [0.25, 0.3) is 5.91 Å². The number of carbonyl (C=O) groups excluding carboxylic acids is 1. The molecular weight excluding hydrogens is 218 g/mol. The molecular formula is C12H13N3O2. The largest absolute Gasteiger partial charge is 0.379 e. The second-order valence-electron chi connectivity index (χ2n) is 4.15. The van der Waals surface area contributed by atoms with Crippen LogP contribution in [0.4, 0.5) is 0 Å². The zero-order valence-electron chi connectivity index (χ0n) is 9.27. The van der Waals surface area contributed by atoms with Crippen LogP contribution < -0.4 is 5.32 Å². The number of nitrogens with one attached hydrogen (secondary N) is 2. The van der Waals surface area contributed by atoms with Gasteiger partial charge in [-0.25, -0.2) is 0 Å². The monoisotopic (exact) mass is 231 g/mol. The highest BCUT2D eigenvalue weighted by Gasteiger charge is 2.21. The molecule has 2 aromatic rings. The molecule has 2 N–H and O–H groups in total. The maximum Gasteiger partial charge on any atom is 0.272 e. The van der Waals surface area contributed by atoms with Gasteiger partial charge in [-0.3, -0.25) is 9.89 Å². The molecule has 1 amide bonds. The van der Waals surface area contributed by atoms with E-state index in [4.69, 9.17) is 4.74 Å². The summed E-state index contributed by atoms with van der Waals surface area (Å²) in [6.07, 6.45) is 0.869. The van der Waals surface area contributed by atoms with Crippen molar-refractivity contribution in [2.45, 2.75) is 12.5 Å². The minimum absolute atomic E-state index is 0.109. The fraction of sp³-hybridized carbons (Fsp3) is 0.333. The minimum atomic E-state index is -0.141. The molecule has 1 aliphatic rings. The number of H-pyrrole nitrogens is 1. The van der Waals surface area contributed by atoms with Gasteiger partial charge in [0.1, 0.15) is 0 Å². The van der Waals surface area contributed by atoms with E-state index in [0.717, 1.165) is 17.3 Å². The molecule has 3 rings (SSSR count). The summed E-state index contributed by atoms with van der Waals surface area (Å²) in [5.41, 5.74) is 1.33.